The summed E-state index contributed by atoms with van der Waals surface area (Å²) in [5.41, 5.74) is -0.773. The second kappa shape index (κ2) is 5.82. The number of nitrogens with zero attached hydrogens (tertiary/aromatic N) is 4. The maximum absolute atomic E-state index is 15.3. The summed E-state index contributed by atoms with van der Waals surface area (Å²) < 4.78 is 43.9. The fraction of sp³-hybridized carbons (Fsp3) is 0.278. The number of hydrogen-bond acceptors (Lipinski definition) is 3. The van der Waals surface area contributed by atoms with Gasteiger partial charge in [-0.2, -0.15) is 0 Å². The van der Waals surface area contributed by atoms with E-state index in [2.05, 4.69) is 9.97 Å². The number of likely N-dealkylation sites (tertiary alicyclic amines) is 1. The maximum Gasteiger partial charge on any atom is 0.256 e. The van der Waals surface area contributed by atoms with Crippen molar-refractivity contribution < 1.29 is 18.0 Å². The number of aromatic nitrogens is 3. The normalized spacial score (nSPS) is 20.1. The number of benzene rings is 1. The lowest BCUT2D eigenvalue weighted by atomic mass is 9.95. The van der Waals surface area contributed by atoms with Crippen LogP contribution in [0.2, 0.25) is 0 Å². The number of halogens is 3. The van der Waals surface area contributed by atoms with Crippen molar-refractivity contribution in [1.29, 1.82) is 0 Å². The van der Waals surface area contributed by atoms with Gasteiger partial charge < -0.3 is 9.47 Å². The molecule has 134 valence electrons. The molecule has 0 bridgehead atoms. The second-order valence-corrected chi connectivity index (χ2v) is 6.49. The van der Waals surface area contributed by atoms with Gasteiger partial charge in [0.05, 0.1) is 18.4 Å². The van der Waals surface area contributed by atoms with Crippen LogP contribution >= 0.6 is 0 Å². The molecule has 1 atom stereocenters. The first-order chi connectivity index (χ1) is 12.4. The highest BCUT2D eigenvalue weighted by Gasteiger charge is 2.42. The molecular weight excluding hydrogens is 345 g/mol. The van der Waals surface area contributed by atoms with Crippen LogP contribution in [-0.2, 0) is 12.7 Å². The van der Waals surface area contributed by atoms with Gasteiger partial charge in [0.25, 0.3) is 5.91 Å². The highest BCUT2D eigenvalue weighted by Crippen LogP contribution is 2.37. The molecule has 0 unspecified atom stereocenters. The Morgan fingerprint density at radius 1 is 1.19 bits per heavy atom. The van der Waals surface area contributed by atoms with E-state index in [1.165, 1.54) is 17.2 Å². The van der Waals surface area contributed by atoms with E-state index in [9.17, 15) is 13.6 Å². The number of amides is 1. The molecule has 0 spiro atoms. The summed E-state index contributed by atoms with van der Waals surface area (Å²) in [6, 6.07) is 4.18. The number of hydrogen-bond donors (Lipinski definition) is 0. The van der Waals surface area contributed by atoms with E-state index in [1.807, 2.05) is 0 Å². The first-order valence-electron chi connectivity index (χ1n) is 8.08. The average Bonchev–Trinajstić information content (AvgIpc) is 3.18. The summed E-state index contributed by atoms with van der Waals surface area (Å²) in [5, 5.41) is 0. The van der Waals surface area contributed by atoms with Gasteiger partial charge in [0.15, 0.2) is 11.3 Å². The second-order valence-electron chi connectivity index (χ2n) is 6.49. The fourth-order valence-corrected chi connectivity index (χ4v) is 3.36. The van der Waals surface area contributed by atoms with E-state index >= 15 is 4.39 Å². The third kappa shape index (κ3) is 2.61. The lowest BCUT2D eigenvalue weighted by Crippen LogP contribution is -2.32. The molecule has 0 aliphatic carbocycles. The molecule has 5 nitrogen and oxygen atoms in total. The minimum atomic E-state index is -1.99. The van der Waals surface area contributed by atoms with Gasteiger partial charge in [-0.25, -0.2) is 23.1 Å². The summed E-state index contributed by atoms with van der Waals surface area (Å²) in [4.78, 5) is 22.6. The van der Waals surface area contributed by atoms with Gasteiger partial charge in [-0.1, -0.05) is 0 Å². The summed E-state index contributed by atoms with van der Waals surface area (Å²) >= 11 is 0. The molecule has 2 aromatic heterocycles. The van der Waals surface area contributed by atoms with Crippen molar-refractivity contribution >= 4 is 17.1 Å². The van der Waals surface area contributed by atoms with E-state index in [-0.39, 0.29) is 31.0 Å². The van der Waals surface area contributed by atoms with Gasteiger partial charge >= 0.3 is 0 Å². The van der Waals surface area contributed by atoms with Crippen molar-refractivity contribution in [1.82, 2.24) is 19.4 Å². The SMILES string of the molecule is Cn1cnc2c(C(=O)N3CC[C@@](F)(c4cc(F)cc(F)c4)C3)ccnc21. The van der Waals surface area contributed by atoms with E-state index in [1.54, 1.807) is 17.9 Å². The Kier molecular flexibility index (Phi) is 3.71. The summed E-state index contributed by atoms with van der Waals surface area (Å²) in [7, 11) is 1.76. The van der Waals surface area contributed by atoms with E-state index in [4.69, 9.17) is 0 Å². The largest absolute Gasteiger partial charge is 0.335 e. The number of carbonyl (C=O) groups is 1. The van der Waals surface area contributed by atoms with Crippen molar-refractivity contribution in [2.24, 2.45) is 7.05 Å². The third-order valence-electron chi connectivity index (χ3n) is 4.72. The van der Waals surface area contributed by atoms with E-state index in [0.717, 1.165) is 12.1 Å². The smallest absolute Gasteiger partial charge is 0.256 e. The minimum absolute atomic E-state index is 0.0297. The zero-order valence-electron chi connectivity index (χ0n) is 13.9. The first-order valence-corrected chi connectivity index (χ1v) is 8.08. The molecule has 0 radical (unpaired) electrons. The monoisotopic (exact) mass is 360 g/mol. The molecule has 3 heterocycles. The van der Waals surface area contributed by atoms with Crippen molar-refractivity contribution in [3.8, 4) is 0 Å². The highest BCUT2D eigenvalue weighted by atomic mass is 19.1. The predicted molar refractivity (Wildman–Crippen MR) is 88.2 cm³/mol. The predicted octanol–water partition coefficient (Wildman–Crippen LogP) is 2.96. The number of alkyl halides is 1. The van der Waals surface area contributed by atoms with Gasteiger partial charge in [-0.3, -0.25) is 4.79 Å². The zero-order chi connectivity index (χ0) is 18.5. The number of pyridine rings is 1. The molecule has 1 aliphatic heterocycles. The van der Waals surface area contributed by atoms with Gasteiger partial charge in [-0.15, -0.1) is 0 Å². The van der Waals surface area contributed by atoms with Gasteiger partial charge in [0.1, 0.15) is 17.2 Å². The topological polar surface area (TPSA) is 51.0 Å². The highest BCUT2D eigenvalue weighted by molar-refractivity contribution is 6.04. The summed E-state index contributed by atoms with van der Waals surface area (Å²) in [5.74, 6) is -2.07. The van der Waals surface area contributed by atoms with Gasteiger partial charge in [0, 0.05) is 32.3 Å². The Morgan fingerprint density at radius 3 is 2.65 bits per heavy atom. The first kappa shape index (κ1) is 16.6. The van der Waals surface area contributed by atoms with E-state index in [0.29, 0.717) is 22.8 Å². The molecule has 1 aliphatic rings. The van der Waals surface area contributed by atoms with Crippen molar-refractivity contribution in [3.05, 3.63) is 59.6 Å². The van der Waals surface area contributed by atoms with Crippen LogP contribution in [0.5, 0.6) is 0 Å². The van der Waals surface area contributed by atoms with Crippen molar-refractivity contribution in [3.63, 3.8) is 0 Å². The standard InChI is InChI=1S/C18H15F3N4O/c1-24-10-23-15-14(2-4-22-16(15)24)17(26)25-5-3-18(21,9-25)11-6-12(19)8-13(20)7-11/h2,4,6-8,10H,3,5,9H2,1H3/t18-/m0/s1. The van der Waals surface area contributed by atoms with E-state index < -0.39 is 17.3 Å². The Balaban J connectivity index is 1.64. The van der Waals surface area contributed by atoms with Crippen LogP contribution in [0.25, 0.3) is 11.2 Å². The van der Waals surface area contributed by atoms with Crippen molar-refractivity contribution in [2.75, 3.05) is 13.1 Å². The number of fused-ring (bicyclic) bond motifs is 1. The molecule has 1 saturated heterocycles. The Hall–Kier alpha value is -2.90. The van der Waals surface area contributed by atoms with Crippen molar-refractivity contribution in [2.45, 2.75) is 12.1 Å². The summed E-state index contributed by atoms with van der Waals surface area (Å²) in [6.45, 7) is -0.129. The molecule has 26 heavy (non-hydrogen) atoms. The minimum Gasteiger partial charge on any atom is -0.335 e. The molecular formula is C18H15F3N4O. The fourth-order valence-electron chi connectivity index (χ4n) is 3.36. The number of aryl methyl sites for hydroxylation is 1. The third-order valence-corrected chi connectivity index (χ3v) is 4.72. The number of carbonyl (C=O) groups excluding carboxylic acids is 1. The number of imidazole rings is 1. The Morgan fingerprint density at radius 2 is 1.92 bits per heavy atom. The van der Waals surface area contributed by atoms with Crippen LogP contribution in [0.4, 0.5) is 13.2 Å². The molecule has 1 amide bonds. The zero-order valence-corrected chi connectivity index (χ0v) is 13.9. The lowest BCUT2D eigenvalue weighted by molar-refractivity contribution is 0.0752. The maximum atomic E-state index is 15.3. The molecule has 0 N–H and O–H groups in total. The number of rotatable bonds is 2. The Labute approximate surface area is 147 Å². The average molecular weight is 360 g/mol. The molecule has 0 saturated carbocycles. The quantitative estimate of drug-likeness (QED) is 0.706. The molecule has 8 heteroatoms. The van der Waals surface area contributed by atoms with Crippen LogP contribution in [0.15, 0.2) is 36.8 Å². The van der Waals surface area contributed by atoms with Crippen LogP contribution in [0.3, 0.4) is 0 Å². The molecule has 1 aromatic carbocycles. The van der Waals surface area contributed by atoms with Gasteiger partial charge in [-0.05, 0) is 23.8 Å². The molecule has 3 aromatic rings. The summed E-state index contributed by atoms with van der Waals surface area (Å²) in [6.07, 6.45) is 3.02. The Bertz CT molecular complexity index is 999. The van der Waals surface area contributed by atoms with Crippen LogP contribution < -0.4 is 0 Å². The lowest BCUT2D eigenvalue weighted by Gasteiger charge is -2.21. The van der Waals surface area contributed by atoms with Gasteiger partial charge in [0.2, 0.25) is 0 Å². The van der Waals surface area contributed by atoms with Crippen LogP contribution in [0.1, 0.15) is 22.3 Å². The van der Waals surface area contributed by atoms with Crippen LogP contribution in [-0.4, -0.2) is 38.4 Å². The molecule has 1 fully saturated rings. The molecule has 4 rings (SSSR count). The van der Waals surface area contributed by atoms with Crippen LogP contribution in [0, 0.1) is 11.6 Å².